The Kier molecular flexibility index (Phi) is 3.31. The topological polar surface area (TPSA) is 65.4 Å². The van der Waals surface area contributed by atoms with Gasteiger partial charge >= 0.3 is 0 Å². The first-order chi connectivity index (χ1) is 11.8. The van der Waals surface area contributed by atoms with Crippen molar-refractivity contribution >= 4 is 38.2 Å². The van der Waals surface area contributed by atoms with Crippen molar-refractivity contribution in [2.24, 2.45) is 4.99 Å². The smallest absolute Gasteiger partial charge is 0.285 e. The summed E-state index contributed by atoms with van der Waals surface area (Å²) >= 11 is 1.50. The SMILES string of the molecule is [C-]#[N+]C(C#N)=C1NC(=Nc2nc3ccccc3s2)c2ccccc21. The van der Waals surface area contributed by atoms with Crippen LogP contribution in [0.1, 0.15) is 11.1 Å². The molecule has 2 heterocycles. The van der Waals surface area contributed by atoms with E-state index >= 15 is 0 Å². The van der Waals surface area contributed by atoms with Gasteiger partial charge in [-0.05, 0) is 17.7 Å². The van der Waals surface area contributed by atoms with Crippen molar-refractivity contribution in [3.8, 4) is 6.07 Å². The van der Waals surface area contributed by atoms with Gasteiger partial charge in [-0.25, -0.2) is 20.1 Å². The lowest BCUT2D eigenvalue weighted by Crippen LogP contribution is -2.14. The predicted molar refractivity (Wildman–Crippen MR) is 94.5 cm³/mol. The lowest BCUT2D eigenvalue weighted by Gasteiger charge is -1.99. The van der Waals surface area contributed by atoms with Crippen LogP contribution in [-0.2, 0) is 0 Å². The molecule has 4 rings (SSSR count). The molecule has 6 heteroatoms. The number of nitrogens with zero attached hydrogens (tertiary/aromatic N) is 4. The van der Waals surface area contributed by atoms with Crippen LogP contribution < -0.4 is 5.32 Å². The van der Waals surface area contributed by atoms with Crippen LogP contribution >= 0.6 is 11.3 Å². The van der Waals surface area contributed by atoms with Crippen LogP contribution in [-0.4, -0.2) is 10.8 Å². The van der Waals surface area contributed by atoms with E-state index in [2.05, 4.69) is 20.1 Å². The fourth-order valence-corrected chi connectivity index (χ4v) is 3.42. The number of para-hydroxylation sites is 1. The van der Waals surface area contributed by atoms with Gasteiger partial charge in [0.15, 0.2) is 0 Å². The maximum absolute atomic E-state index is 9.17. The first-order valence-corrected chi connectivity index (χ1v) is 7.94. The van der Waals surface area contributed by atoms with Crippen LogP contribution in [0, 0.1) is 17.9 Å². The van der Waals surface area contributed by atoms with E-state index < -0.39 is 0 Å². The lowest BCUT2D eigenvalue weighted by molar-refractivity contribution is 1.30. The number of rotatable bonds is 1. The van der Waals surface area contributed by atoms with Crippen LogP contribution in [0.3, 0.4) is 0 Å². The third-order valence-electron chi connectivity index (χ3n) is 3.64. The molecule has 0 fully saturated rings. The Balaban J connectivity index is 1.87. The minimum Gasteiger partial charge on any atom is -0.348 e. The molecule has 24 heavy (non-hydrogen) atoms. The molecule has 0 amide bonds. The van der Waals surface area contributed by atoms with Gasteiger partial charge in [-0.15, -0.1) is 0 Å². The van der Waals surface area contributed by atoms with E-state index in [-0.39, 0.29) is 5.70 Å². The summed E-state index contributed by atoms with van der Waals surface area (Å²) in [6, 6.07) is 17.4. The number of benzene rings is 2. The molecule has 0 aliphatic carbocycles. The van der Waals surface area contributed by atoms with E-state index in [9.17, 15) is 5.26 Å². The largest absolute Gasteiger partial charge is 0.348 e. The van der Waals surface area contributed by atoms with Crippen molar-refractivity contribution in [3.05, 3.63) is 76.8 Å². The number of allylic oxidation sites excluding steroid dienone is 1. The molecule has 0 spiro atoms. The van der Waals surface area contributed by atoms with Crippen molar-refractivity contribution in [3.63, 3.8) is 0 Å². The number of aliphatic imine (C=N–C) groups is 1. The van der Waals surface area contributed by atoms with Gasteiger partial charge in [0.1, 0.15) is 5.84 Å². The first kappa shape index (κ1) is 14.1. The second-order valence-corrected chi connectivity index (χ2v) is 6.05. The van der Waals surface area contributed by atoms with Crippen LogP contribution in [0.5, 0.6) is 0 Å². The molecular formula is C18H9N5S. The van der Waals surface area contributed by atoms with Crippen LogP contribution in [0.4, 0.5) is 5.13 Å². The van der Waals surface area contributed by atoms with E-state index in [4.69, 9.17) is 6.57 Å². The zero-order valence-electron chi connectivity index (χ0n) is 12.3. The average molecular weight is 327 g/mol. The summed E-state index contributed by atoms with van der Waals surface area (Å²) in [5.41, 5.74) is 3.11. The second-order valence-electron chi connectivity index (χ2n) is 5.04. The molecule has 2 aromatic carbocycles. The van der Waals surface area contributed by atoms with E-state index in [0.717, 1.165) is 21.3 Å². The van der Waals surface area contributed by atoms with Crippen molar-refractivity contribution in [1.29, 1.82) is 5.26 Å². The molecule has 1 aliphatic rings. The van der Waals surface area contributed by atoms with Gasteiger partial charge in [-0.1, -0.05) is 47.7 Å². The summed E-state index contributed by atoms with van der Waals surface area (Å²) in [5, 5.41) is 12.9. The molecule has 1 aromatic heterocycles. The summed E-state index contributed by atoms with van der Waals surface area (Å²) in [7, 11) is 0. The highest BCUT2D eigenvalue weighted by Gasteiger charge is 2.25. The Hall–Kier alpha value is -3.48. The Bertz CT molecular complexity index is 1060. The van der Waals surface area contributed by atoms with E-state index in [0.29, 0.717) is 16.7 Å². The lowest BCUT2D eigenvalue weighted by atomic mass is 10.1. The van der Waals surface area contributed by atoms with Gasteiger partial charge in [0, 0.05) is 5.56 Å². The van der Waals surface area contributed by atoms with Crippen molar-refractivity contribution in [2.75, 3.05) is 0 Å². The highest BCUT2D eigenvalue weighted by atomic mass is 32.1. The molecule has 3 aromatic rings. The van der Waals surface area contributed by atoms with Crippen molar-refractivity contribution < 1.29 is 0 Å². The predicted octanol–water partition coefficient (Wildman–Crippen LogP) is 4.09. The normalized spacial score (nSPS) is 16.3. The van der Waals surface area contributed by atoms with Crippen molar-refractivity contribution in [2.45, 2.75) is 0 Å². The highest BCUT2D eigenvalue weighted by Crippen LogP contribution is 2.32. The summed E-state index contributed by atoms with van der Waals surface area (Å²) in [5.74, 6) is 0.607. The van der Waals surface area contributed by atoms with Crippen LogP contribution in [0.25, 0.3) is 20.8 Å². The number of amidine groups is 1. The van der Waals surface area contributed by atoms with Gasteiger partial charge in [0.25, 0.3) is 5.70 Å². The molecule has 112 valence electrons. The maximum Gasteiger partial charge on any atom is 0.285 e. The highest BCUT2D eigenvalue weighted by molar-refractivity contribution is 7.22. The fraction of sp³-hybridized carbons (Fsp3) is 0. The number of nitrogens with one attached hydrogen (secondary N) is 1. The van der Waals surface area contributed by atoms with Gasteiger partial charge in [0.05, 0.1) is 28.6 Å². The Morgan fingerprint density at radius 2 is 1.92 bits per heavy atom. The van der Waals surface area contributed by atoms with Gasteiger partial charge in [-0.3, -0.25) is 0 Å². The minimum absolute atomic E-state index is 0.0250. The van der Waals surface area contributed by atoms with Gasteiger partial charge < -0.3 is 5.32 Å². The van der Waals surface area contributed by atoms with Crippen LogP contribution in [0.15, 0.2) is 59.2 Å². The number of thiazole rings is 1. The van der Waals surface area contributed by atoms with E-state index in [1.54, 1.807) is 0 Å². The van der Waals surface area contributed by atoms with Crippen molar-refractivity contribution in [1.82, 2.24) is 10.3 Å². The fourth-order valence-electron chi connectivity index (χ4n) is 2.58. The number of hydrogen-bond donors (Lipinski definition) is 1. The summed E-state index contributed by atoms with van der Waals surface area (Å²) < 4.78 is 1.07. The maximum atomic E-state index is 9.17. The zero-order valence-corrected chi connectivity index (χ0v) is 13.1. The number of hydrogen-bond acceptors (Lipinski definition) is 4. The first-order valence-electron chi connectivity index (χ1n) is 7.13. The molecule has 0 atom stereocenters. The molecule has 0 radical (unpaired) electrons. The third-order valence-corrected chi connectivity index (χ3v) is 4.57. The van der Waals surface area contributed by atoms with E-state index in [1.165, 1.54) is 11.3 Å². The Morgan fingerprint density at radius 3 is 2.67 bits per heavy atom. The molecular weight excluding hydrogens is 318 g/mol. The molecule has 1 aliphatic heterocycles. The molecule has 5 nitrogen and oxygen atoms in total. The summed E-state index contributed by atoms with van der Waals surface area (Å²) in [6.07, 6.45) is 0. The number of fused-ring (bicyclic) bond motifs is 2. The standard InChI is InChI=1S/C18H9N5S/c1-20-14(10-19)16-11-6-2-3-7-12(11)17(22-16)23-18-21-13-8-4-5-9-15(13)24-18/h2-9H,(H,21,22,23). The monoisotopic (exact) mass is 327 g/mol. The van der Waals surface area contributed by atoms with E-state index in [1.807, 2.05) is 54.6 Å². The third kappa shape index (κ3) is 2.23. The molecule has 0 bridgehead atoms. The minimum atomic E-state index is 0.0250. The molecule has 0 saturated carbocycles. The van der Waals surface area contributed by atoms with Crippen LogP contribution in [0.2, 0.25) is 0 Å². The van der Waals surface area contributed by atoms with Gasteiger partial charge in [-0.2, -0.15) is 0 Å². The molecule has 1 N–H and O–H groups in total. The zero-order chi connectivity index (χ0) is 16.5. The Labute approximate surface area is 142 Å². The Morgan fingerprint density at radius 1 is 1.17 bits per heavy atom. The summed E-state index contributed by atoms with van der Waals surface area (Å²) in [6.45, 7) is 7.18. The summed E-state index contributed by atoms with van der Waals surface area (Å²) in [4.78, 5) is 12.4. The number of nitriles is 1. The average Bonchev–Trinajstić information content (AvgIpc) is 3.18. The molecule has 0 saturated heterocycles. The number of aromatic nitrogens is 1. The second kappa shape index (κ2) is 5.62. The molecule has 0 unspecified atom stereocenters. The quantitative estimate of drug-likeness (QED) is 0.541. The van der Waals surface area contributed by atoms with Gasteiger partial charge in [0.2, 0.25) is 5.13 Å².